The Labute approximate surface area is 170 Å². The molecule has 3 heterocycles. The number of aryl methyl sites for hydroxylation is 1. The van der Waals surface area contributed by atoms with Crippen molar-refractivity contribution in [3.05, 3.63) is 48.0 Å². The van der Waals surface area contributed by atoms with Crippen molar-refractivity contribution < 1.29 is 14.3 Å². The first-order chi connectivity index (χ1) is 14.0. The van der Waals surface area contributed by atoms with Crippen LogP contribution in [0, 0.1) is 0 Å². The molecule has 29 heavy (non-hydrogen) atoms. The second-order valence-electron chi connectivity index (χ2n) is 8.11. The summed E-state index contributed by atoms with van der Waals surface area (Å²) in [4.78, 5) is 33.8. The molecule has 0 bridgehead atoms. The number of aromatic nitrogens is 2. The van der Waals surface area contributed by atoms with E-state index < -0.39 is 6.04 Å². The van der Waals surface area contributed by atoms with Crippen LogP contribution in [0.15, 0.2) is 36.8 Å². The smallest absolute Gasteiger partial charge is 0.245 e. The molecular formula is C22H28N4O3. The van der Waals surface area contributed by atoms with Crippen LogP contribution in [0.5, 0.6) is 5.75 Å². The molecular weight excluding hydrogens is 368 g/mol. The molecule has 2 aliphatic rings. The molecule has 2 N–H and O–H groups in total. The molecule has 2 aromatic rings. The number of para-hydroxylation sites is 1. The third-order valence-electron chi connectivity index (χ3n) is 6.01. The molecule has 1 aromatic heterocycles. The van der Waals surface area contributed by atoms with Crippen molar-refractivity contribution >= 4 is 11.8 Å². The zero-order chi connectivity index (χ0) is 20.3. The van der Waals surface area contributed by atoms with Gasteiger partial charge in [-0.2, -0.15) is 0 Å². The fraction of sp³-hybridized carbons (Fsp3) is 0.500. The van der Waals surface area contributed by atoms with Crippen LogP contribution in [-0.4, -0.2) is 51.4 Å². The number of H-pyrrole nitrogens is 1. The highest BCUT2D eigenvalue weighted by atomic mass is 16.5. The largest absolute Gasteiger partial charge is 0.487 e. The van der Waals surface area contributed by atoms with Crippen molar-refractivity contribution in [2.45, 2.75) is 57.1 Å². The van der Waals surface area contributed by atoms with E-state index in [0.717, 1.165) is 43.5 Å². The molecule has 4 rings (SSSR count). The van der Waals surface area contributed by atoms with E-state index in [9.17, 15) is 9.59 Å². The maximum atomic E-state index is 13.2. The Balaban J connectivity index is 1.44. The van der Waals surface area contributed by atoms with Gasteiger partial charge in [0.25, 0.3) is 0 Å². The molecule has 7 nitrogen and oxygen atoms in total. The fourth-order valence-corrected chi connectivity index (χ4v) is 4.48. The van der Waals surface area contributed by atoms with Crippen LogP contribution in [0.2, 0.25) is 0 Å². The minimum absolute atomic E-state index is 0.0388. The predicted octanol–water partition coefficient (Wildman–Crippen LogP) is 2.23. The Hall–Kier alpha value is -2.83. The summed E-state index contributed by atoms with van der Waals surface area (Å²) in [7, 11) is 0. The second kappa shape index (κ2) is 8.27. The topological polar surface area (TPSA) is 87.3 Å². The van der Waals surface area contributed by atoms with E-state index >= 15 is 0 Å². The molecule has 2 amide bonds. The van der Waals surface area contributed by atoms with Gasteiger partial charge in [-0.15, -0.1) is 0 Å². The number of nitrogens with one attached hydrogen (secondary N) is 2. The maximum Gasteiger partial charge on any atom is 0.245 e. The van der Waals surface area contributed by atoms with E-state index in [-0.39, 0.29) is 17.4 Å². The van der Waals surface area contributed by atoms with E-state index in [4.69, 9.17) is 4.74 Å². The average Bonchev–Trinajstić information content (AvgIpc) is 3.14. The zero-order valence-corrected chi connectivity index (χ0v) is 16.8. The van der Waals surface area contributed by atoms with Crippen molar-refractivity contribution in [1.29, 1.82) is 0 Å². The molecule has 0 saturated carbocycles. The van der Waals surface area contributed by atoms with Gasteiger partial charge in [-0.05, 0) is 37.3 Å². The van der Waals surface area contributed by atoms with Crippen LogP contribution in [0.4, 0.5) is 0 Å². The Morgan fingerprint density at radius 1 is 1.28 bits per heavy atom. The zero-order valence-electron chi connectivity index (χ0n) is 16.8. The van der Waals surface area contributed by atoms with Crippen LogP contribution >= 0.6 is 0 Å². The minimum Gasteiger partial charge on any atom is -0.487 e. The molecule has 1 spiro atoms. The summed E-state index contributed by atoms with van der Waals surface area (Å²) in [6, 6.07) is 7.65. The van der Waals surface area contributed by atoms with E-state index in [2.05, 4.69) is 27.4 Å². The van der Waals surface area contributed by atoms with Crippen molar-refractivity contribution in [2.75, 3.05) is 13.1 Å². The molecule has 1 fully saturated rings. The van der Waals surface area contributed by atoms with Crippen LogP contribution in [-0.2, 0) is 22.4 Å². The monoisotopic (exact) mass is 396 g/mol. The number of nitrogens with zero attached hydrogens (tertiary/aromatic N) is 2. The Kier molecular flexibility index (Phi) is 5.56. The van der Waals surface area contributed by atoms with Crippen LogP contribution in [0.1, 0.15) is 43.9 Å². The maximum absolute atomic E-state index is 13.2. The predicted molar refractivity (Wildman–Crippen MR) is 108 cm³/mol. The van der Waals surface area contributed by atoms with E-state index in [1.165, 1.54) is 12.5 Å². The number of fused-ring (bicyclic) bond motifs is 1. The fourth-order valence-electron chi connectivity index (χ4n) is 4.48. The number of ether oxygens (including phenoxy) is 1. The molecule has 2 aliphatic heterocycles. The number of carbonyl (C=O) groups is 2. The molecule has 2 atom stereocenters. The van der Waals surface area contributed by atoms with Gasteiger partial charge < -0.3 is 19.9 Å². The van der Waals surface area contributed by atoms with Crippen molar-refractivity contribution in [3.63, 3.8) is 0 Å². The van der Waals surface area contributed by atoms with Gasteiger partial charge in [-0.1, -0.05) is 18.2 Å². The third kappa shape index (κ3) is 4.44. The Bertz CT molecular complexity index is 867. The van der Waals surface area contributed by atoms with Crippen LogP contribution < -0.4 is 10.1 Å². The molecule has 1 aromatic carbocycles. The summed E-state index contributed by atoms with van der Waals surface area (Å²) < 4.78 is 6.46. The molecule has 154 valence electrons. The number of rotatable bonds is 4. The van der Waals surface area contributed by atoms with E-state index in [1.807, 2.05) is 17.0 Å². The van der Waals surface area contributed by atoms with Gasteiger partial charge in [0, 0.05) is 44.7 Å². The minimum atomic E-state index is -0.588. The molecule has 1 saturated heterocycles. The van der Waals surface area contributed by atoms with E-state index in [0.29, 0.717) is 19.5 Å². The van der Waals surface area contributed by atoms with Crippen molar-refractivity contribution in [2.24, 2.45) is 0 Å². The number of carbonyl (C=O) groups excluding carboxylic acids is 2. The van der Waals surface area contributed by atoms with Gasteiger partial charge >= 0.3 is 0 Å². The standard InChI is InChI=1S/C22H28N4O3/c1-16(27)25-19(13-18-14-23-15-24-18)21(28)26-11-4-8-22(10-12-26)9-7-17-5-2-3-6-20(17)29-22/h2-3,5-6,14-15,19H,4,7-13H2,1H3,(H,23,24)(H,25,27)/t19-,22+/m0/s1. The van der Waals surface area contributed by atoms with Gasteiger partial charge in [-0.25, -0.2) is 4.98 Å². The van der Waals surface area contributed by atoms with E-state index in [1.54, 1.807) is 12.5 Å². The number of benzene rings is 1. The first-order valence-electron chi connectivity index (χ1n) is 10.3. The number of aromatic amines is 1. The number of hydrogen-bond acceptors (Lipinski definition) is 4. The summed E-state index contributed by atoms with van der Waals surface area (Å²) >= 11 is 0. The normalized spacial score (nSPS) is 22.3. The van der Waals surface area contributed by atoms with Gasteiger partial charge in [0.2, 0.25) is 11.8 Å². The molecule has 0 radical (unpaired) electrons. The molecule has 7 heteroatoms. The lowest BCUT2D eigenvalue weighted by molar-refractivity contribution is -0.136. The first-order valence-corrected chi connectivity index (χ1v) is 10.3. The quantitative estimate of drug-likeness (QED) is 0.830. The summed E-state index contributed by atoms with van der Waals surface area (Å²) in [5.41, 5.74) is 1.90. The van der Waals surface area contributed by atoms with Gasteiger partial charge in [0.05, 0.1) is 6.33 Å². The number of hydrogen-bond donors (Lipinski definition) is 2. The van der Waals surface area contributed by atoms with Crippen molar-refractivity contribution in [3.8, 4) is 5.75 Å². The summed E-state index contributed by atoms with van der Waals surface area (Å²) in [6.45, 7) is 2.77. The lowest BCUT2D eigenvalue weighted by atomic mass is 9.85. The highest BCUT2D eigenvalue weighted by Crippen LogP contribution is 2.39. The van der Waals surface area contributed by atoms with Crippen LogP contribution in [0.25, 0.3) is 0 Å². The summed E-state index contributed by atoms with van der Waals surface area (Å²) in [6.07, 6.45) is 8.31. The number of imidazole rings is 1. The molecule has 0 unspecified atom stereocenters. The highest BCUT2D eigenvalue weighted by Gasteiger charge is 2.39. The van der Waals surface area contributed by atoms with Crippen LogP contribution in [0.3, 0.4) is 0 Å². The first kappa shape index (κ1) is 19.5. The third-order valence-corrected chi connectivity index (χ3v) is 6.01. The van der Waals surface area contributed by atoms with Crippen molar-refractivity contribution in [1.82, 2.24) is 20.2 Å². The van der Waals surface area contributed by atoms with Gasteiger partial charge in [-0.3, -0.25) is 9.59 Å². The summed E-state index contributed by atoms with van der Waals surface area (Å²) in [5, 5.41) is 2.81. The second-order valence-corrected chi connectivity index (χ2v) is 8.11. The lowest BCUT2D eigenvalue weighted by Crippen LogP contribution is -2.50. The average molecular weight is 396 g/mol. The summed E-state index contributed by atoms with van der Waals surface area (Å²) in [5.74, 6) is 0.735. The lowest BCUT2D eigenvalue weighted by Gasteiger charge is -2.38. The van der Waals surface area contributed by atoms with Gasteiger partial charge in [0.1, 0.15) is 17.4 Å². The molecule has 0 aliphatic carbocycles. The number of likely N-dealkylation sites (tertiary alicyclic amines) is 1. The van der Waals surface area contributed by atoms with Gasteiger partial charge in [0.15, 0.2) is 0 Å². The number of amides is 2. The SMILES string of the molecule is CC(=O)N[C@@H](Cc1cnc[nH]1)C(=O)N1CCC[C@@]2(CCc3ccccc3O2)CC1. The Morgan fingerprint density at radius 3 is 2.93 bits per heavy atom. The Morgan fingerprint density at radius 2 is 2.14 bits per heavy atom. The highest BCUT2D eigenvalue weighted by molar-refractivity contribution is 5.87.